The van der Waals surface area contributed by atoms with Crippen LogP contribution in [0.4, 0.5) is 14.9 Å². The van der Waals surface area contributed by atoms with Gasteiger partial charge in [0, 0.05) is 28.9 Å². The highest BCUT2D eigenvalue weighted by Crippen LogP contribution is 2.20. The number of aromatic nitrogens is 2. The first-order valence-electron chi connectivity index (χ1n) is 8.55. The fourth-order valence-electron chi connectivity index (χ4n) is 2.95. The van der Waals surface area contributed by atoms with Gasteiger partial charge < -0.3 is 10.3 Å². The van der Waals surface area contributed by atoms with Crippen LogP contribution >= 0.6 is 0 Å². The Balaban J connectivity index is 1.62. The van der Waals surface area contributed by atoms with Crippen molar-refractivity contribution in [1.82, 2.24) is 20.8 Å². The van der Waals surface area contributed by atoms with Crippen molar-refractivity contribution in [2.45, 2.75) is 0 Å². The van der Waals surface area contributed by atoms with Crippen LogP contribution in [0.25, 0.3) is 21.8 Å². The summed E-state index contributed by atoms with van der Waals surface area (Å²) >= 11 is 0. The van der Waals surface area contributed by atoms with Crippen molar-refractivity contribution in [2.24, 2.45) is 0 Å². The van der Waals surface area contributed by atoms with E-state index < -0.39 is 23.2 Å². The van der Waals surface area contributed by atoms with E-state index in [2.05, 4.69) is 26.1 Å². The van der Waals surface area contributed by atoms with Crippen LogP contribution in [0.5, 0.6) is 0 Å². The van der Waals surface area contributed by atoms with Gasteiger partial charge in [0.05, 0.1) is 16.6 Å². The minimum Gasteiger partial charge on any atom is -0.351 e. The van der Waals surface area contributed by atoms with Gasteiger partial charge in [0.15, 0.2) is 5.43 Å². The van der Waals surface area contributed by atoms with Crippen molar-refractivity contribution in [2.75, 3.05) is 5.32 Å². The van der Waals surface area contributed by atoms with Gasteiger partial charge in [0.1, 0.15) is 5.82 Å². The first-order valence-corrected chi connectivity index (χ1v) is 8.55. The first kappa shape index (κ1) is 18.1. The molecule has 0 fully saturated rings. The van der Waals surface area contributed by atoms with Crippen LogP contribution in [0.3, 0.4) is 0 Å². The second kappa shape index (κ2) is 7.39. The average molecular weight is 391 g/mol. The number of pyridine rings is 2. The number of aromatic amines is 1. The number of nitrogens with one attached hydrogen (secondary N) is 4. The van der Waals surface area contributed by atoms with Gasteiger partial charge in [-0.15, -0.1) is 0 Å². The number of hydrazine groups is 1. The average Bonchev–Trinajstić information content (AvgIpc) is 2.73. The maximum Gasteiger partial charge on any atom is 0.337 e. The van der Waals surface area contributed by atoms with Crippen LogP contribution in [0.15, 0.2) is 65.7 Å². The molecule has 0 atom stereocenters. The summed E-state index contributed by atoms with van der Waals surface area (Å²) in [7, 11) is 0. The third kappa shape index (κ3) is 3.48. The van der Waals surface area contributed by atoms with Gasteiger partial charge >= 0.3 is 6.03 Å². The molecule has 0 unspecified atom stereocenters. The van der Waals surface area contributed by atoms with Crippen LogP contribution < -0.4 is 21.6 Å². The lowest BCUT2D eigenvalue weighted by Gasteiger charge is -2.11. The van der Waals surface area contributed by atoms with Crippen molar-refractivity contribution in [3.8, 4) is 0 Å². The number of anilines is 1. The first-order chi connectivity index (χ1) is 14.0. The predicted octanol–water partition coefficient (Wildman–Crippen LogP) is 2.68. The van der Waals surface area contributed by atoms with E-state index in [1.807, 2.05) is 0 Å². The van der Waals surface area contributed by atoms with E-state index in [9.17, 15) is 18.8 Å². The SMILES string of the molecule is O=C(NNC(=O)c1cccc2c(=O)c3cccc(F)c3[nH]c12)Nc1ccncc1. The number of carbonyl (C=O) groups is 2. The molecule has 0 saturated heterocycles. The Hall–Kier alpha value is -4.27. The number of hydrogen-bond acceptors (Lipinski definition) is 4. The number of para-hydroxylation sites is 2. The van der Waals surface area contributed by atoms with Crippen molar-refractivity contribution in [3.63, 3.8) is 0 Å². The molecule has 9 heteroatoms. The van der Waals surface area contributed by atoms with Crippen LogP contribution in [-0.2, 0) is 0 Å². The maximum atomic E-state index is 14.1. The molecule has 2 aromatic carbocycles. The lowest BCUT2D eigenvalue weighted by atomic mass is 10.1. The molecular weight excluding hydrogens is 377 g/mol. The van der Waals surface area contributed by atoms with Gasteiger partial charge in [-0.05, 0) is 36.4 Å². The molecule has 8 nitrogen and oxygen atoms in total. The van der Waals surface area contributed by atoms with Gasteiger partial charge in [0.2, 0.25) is 0 Å². The lowest BCUT2D eigenvalue weighted by molar-refractivity contribution is 0.0939. The second-order valence-electron chi connectivity index (χ2n) is 6.11. The van der Waals surface area contributed by atoms with Crippen LogP contribution in [0, 0.1) is 5.82 Å². The summed E-state index contributed by atoms with van der Waals surface area (Å²) in [4.78, 5) is 43.8. The molecule has 0 radical (unpaired) electrons. The van der Waals surface area contributed by atoms with Crippen molar-refractivity contribution >= 4 is 39.4 Å². The number of H-pyrrole nitrogens is 1. The fraction of sp³-hybridized carbons (Fsp3) is 0. The highest BCUT2D eigenvalue weighted by atomic mass is 19.1. The summed E-state index contributed by atoms with van der Waals surface area (Å²) in [6, 6.07) is 11.2. The van der Waals surface area contributed by atoms with E-state index in [-0.39, 0.29) is 27.4 Å². The maximum absolute atomic E-state index is 14.1. The number of urea groups is 1. The van der Waals surface area contributed by atoms with Crippen LogP contribution in [0.2, 0.25) is 0 Å². The highest BCUT2D eigenvalue weighted by Gasteiger charge is 2.15. The largest absolute Gasteiger partial charge is 0.351 e. The lowest BCUT2D eigenvalue weighted by Crippen LogP contribution is -2.44. The standard InChI is InChI=1S/C20H14FN5O3/c21-15-6-2-4-13-17(15)24-16-12(18(13)27)3-1-5-14(16)19(28)25-26-20(29)23-11-7-9-22-10-8-11/h1-10H,(H,24,27)(H,25,28)(H2,22,23,26,29). The molecule has 2 heterocycles. The molecule has 4 N–H and O–H groups in total. The van der Waals surface area contributed by atoms with E-state index >= 15 is 0 Å². The molecule has 4 rings (SSSR count). The van der Waals surface area contributed by atoms with E-state index in [4.69, 9.17) is 0 Å². The number of nitrogens with zero attached hydrogens (tertiary/aromatic N) is 1. The minimum atomic E-state index is -0.674. The molecule has 0 bridgehead atoms. The number of fused-ring (bicyclic) bond motifs is 2. The molecule has 144 valence electrons. The van der Waals surface area contributed by atoms with E-state index in [1.54, 1.807) is 18.2 Å². The Labute approximate surface area is 162 Å². The summed E-state index contributed by atoms with van der Waals surface area (Å²) in [5.41, 5.74) is 4.83. The molecule has 29 heavy (non-hydrogen) atoms. The van der Waals surface area contributed by atoms with Crippen molar-refractivity contribution in [3.05, 3.63) is 82.5 Å². The molecule has 0 aliphatic heterocycles. The number of hydrogen-bond donors (Lipinski definition) is 4. The van der Waals surface area contributed by atoms with E-state index in [1.165, 1.54) is 42.7 Å². The number of carbonyl (C=O) groups excluding carboxylic acids is 2. The minimum absolute atomic E-state index is 0.00800. The Kier molecular flexibility index (Phi) is 4.62. The summed E-state index contributed by atoms with van der Waals surface area (Å²) in [5.74, 6) is -1.28. The van der Waals surface area contributed by atoms with Gasteiger partial charge in [-0.3, -0.25) is 20.0 Å². The Morgan fingerprint density at radius 3 is 2.34 bits per heavy atom. The Morgan fingerprint density at radius 1 is 0.897 bits per heavy atom. The quantitative estimate of drug-likeness (QED) is 0.311. The molecule has 0 spiro atoms. The van der Waals surface area contributed by atoms with E-state index in [0.717, 1.165) is 0 Å². The second-order valence-corrected chi connectivity index (χ2v) is 6.11. The van der Waals surface area contributed by atoms with E-state index in [0.29, 0.717) is 5.69 Å². The molecular formula is C20H14FN5O3. The van der Waals surface area contributed by atoms with Crippen LogP contribution in [-0.4, -0.2) is 21.9 Å². The summed E-state index contributed by atoms with van der Waals surface area (Å²) < 4.78 is 14.1. The van der Waals surface area contributed by atoms with Gasteiger partial charge in [-0.25, -0.2) is 14.6 Å². The number of amides is 3. The van der Waals surface area contributed by atoms with Crippen molar-refractivity contribution < 1.29 is 14.0 Å². The number of halogens is 1. The third-order valence-electron chi connectivity index (χ3n) is 4.29. The smallest absolute Gasteiger partial charge is 0.337 e. The number of rotatable bonds is 2. The highest BCUT2D eigenvalue weighted by molar-refractivity contribution is 6.08. The zero-order valence-electron chi connectivity index (χ0n) is 14.8. The normalized spacial score (nSPS) is 10.7. The topological polar surface area (TPSA) is 116 Å². The van der Waals surface area contributed by atoms with Gasteiger partial charge in [-0.1, -0.05) is 12.1 Å². The summed E-state index contributed by atoms with van der Waals surface area (Å²) in [6.45, 7) is 0. The third-order valence-corrected chi connectivity index (χ3v) is 4.29. The molecule has 0 aliphatic rings. The Morgan fingerprint density at radius 2 is 1.59 bits per heavy atom. The molecule has 0 saturated carbocycles. The fourth-order valence-corrected chi connectivity index (χ4v) is 2.95. The molecule has 0 aliphatic carbocycles. The molecule has 4 aromatic rings. The van der Waals surface area contributed by atoms with Gasteiger partial charge in [-0.2, -0.15) is 0 Å². The summed E-state index contributed by atoms with van der Waals surface area (Å²) in [6.07, 6.45) is 3.01. The van der Waals surface area contributed by atoms with Crippen LogP contribution in [0.1, 0.15) is 10.4 Å². The number of benzene rings is 2. The summed E-state index contributed by atoms with van der Waals surface area (Å²) in [5, 5.41) is 2.93. The van der Waals surface area contributed by atoms with Crippen molar-refractivity contribution in [1.29, 1.82) is 0 Å². The monoisotopic (exact) mass is 391 g/mol. The zero-order chi connectivity index (χ0) is 20.4. The molecule has 3 amide bonds. The van der Waals surface area contributed by atoms with Gasteiger partial charge in [0.25, 0.3) is 5.91 Å². The Bertz CT molecular complexity index is 1300. The zero-order valence-corrected chi connectivity index (χ0v) is 14.8. The predicted molar refractivity (Wildman–Crippen MR) is 106 cm³/mol. The molecule has 2 aromatic heterocycles.